The third-order valence-electron chi connectivity index (χ3n) is 5.12. The molecule has 9 nitrogen and oxygen atoms in total. The first-order valence-corrected chi connectivity index (χ1v) is 9.37. The molecule has 2 fully saturated rings. The van der Waals surface area contributed by atoms with E-state index in [1.807, 2.05) is 4.90 Å². The molecule has 0 saturated carbocycles. The first-order valence-electron chi connectivity index (χ1n) is 9.37. The number of aliphatic carboxylic acids is 1. The van der Waals surface area contributed by atoms with Crippen LogP contribution in [0.2, 0.25) is 0 Å². The predicted molar refractivity (Wildman–Crippen MR) is 97.9 cm³/mol. The number of carbonyl (C=O) groups is 2. The Bertz CT molecular complexity index is 697. The molecule has 0 atom stereocenters. The van der Waals surface area contributed by atoms with Crippen LogP contribution in [0.15, 0.2) is 18.6 Å². The van der Waals surface area contributed by atoms with E-state index in [-0.39, 0.29) is 11.4 Å². The van der Waals surface area contributed by atoms with E-state index < -0.39 is 12.1 Å². The summed E-state index contributed by atoms with van der Waals surface area (Å²) in [7, 11) is 1.73. The van der Waals surface area contributed by atoms with E-state index >= 15 is 0 Å². The molecule has 1 spiro atoms. The number of aromatic nitrogens is 2. The average Bonchev–Trinajstić information content (AvgIpc) is 2.74. The Kier molecular flexibility index (Phi) is 8.50. The molecule has 30 heavy (non-hydrogen) atoms. The highest BCUT2D eigenvalue weighted by Gasteiger charge is 2.43. The van der Waals surface area contributed by atoms with Gasteiger partial charge >= 0.3 is 12.1 Å². The molecule has 1 amide bonds. The summed E-state index contributed by atoms with van der Waals surface area (Å²) in [5, 5.41) is 7.12. The fraction of sp³-hybridized carbons (Fsp3) is 0.667. The summed E-state index contributed by atoms with van der Waals surface area (Å²) in [5.41, 5.74) is 0.454. The Morgan fingerprint density at radius 3 is 2.47 bits per heavy atom. The van der Waals surface area contributed by atoms with Crippen LogP contribution in [0.4, 0.5) is 13.2 Å². The van der Waals surface area contributed by atoms with Crippen LogP contribution in [0, 0.1) is 0 Å². The molecule has 0 aromatic carbocycles. The normalized spacial score (nSPS) is 19.1. The number of alkyl halides is 3. The lowest BCUT2D eigenvalue weighted by Crippen LogP contribution is -2.62. The lowest BCUT2D eigenvalue weighted by atomic mass is 9.85. The summed E-state index contributed by atoms with van der Waals surface area (Å²) in [6.45, 7) is 5.53. The van der Waals surface area contributed by atoms with Crippen LogP contribution in [0.1, 0.15) is 23.3 Å². The van der Waals surface area contributed by atoms with E-state index in [0.717, 1.165) is 58.8 Å². The lowest BCUT2D eigenvalue weighted by Gasteiger charge is -2.51. The highest BCUT2D eigenvalue weighted by molar-refractivity contribution is 5.92. The van der Waals surface area contributed by atoms with Crippen molar-refractivity contribution in [3.8, 4) is 0 Å². The maximum atomic E-state index is 12.5. The number of likely N-dealkylation sites (tertiary alicyclic amines) is 1. The number of nitrogens with zero attached hydrogens (tertiary/aromatic N) is 4. The van der Waals surface area contributed by atoms with E-state index in [2.05, 4.69) is 14.9 Å². The Morgan fingerprint density at radius 2 is 1.93 bits per heavy atom. The van der Waals surface area contributed by atoms with Crippen LogP contribution in [-0.2, 0) is 14.3 Å². The number of ether oxygens (including phenoxy) is 2. The standard InChI is InChI=1S/C16H24N4O3.C2HF3O2/c1-22-10-8-20-9-11-23-13-16(20)2-6-19(7-3-16)15(21)14-12-17-4-5-18-14;3-2(4,5)1(6)7/h4-5,12H,2-3,6-11,13H2,1H3;(H,6,7). The van der Waals surface area contributed by atoms with Gasteiger partial charge in [-0.25, -0.2) is 9.78 Å². The highest BCUT2D eigenvalue weighted by Crippen LogP contribution is 2.32. The second kappa shape index (κ2) is 10.6. The van der Waals surface area contributed by atoms with E-state index in [0.29, 0.717) is 5.69 Å². The molecular weight excluding hydrogens is 409 g/mol. The van der Waals surface area contributed by atoms with E-state index in [4.69, 9.17) is 19.4 Å². The van der Waals surface area contributed by atoms with Crippen molar-refractivity contribution in [2.24, 2.45) is 0 Å². The molecule has 2 aliphatic rings. The van der Waals surface area contributed by atoms with Crippen LogP contribution < -0.4 is 0 Å². The number of morpholine rings is 1. The van der Waals surface area contributed by atoms with Crippen LogP contribution in [0.5, 0.6) is 0 Å². The van der Waals surface area contributed by atoms with Crippen molar-refractivity contribution in [2.45, 2.75) is 24.6 Å². The van der Waals surface area contributed by atoms with Crippen molar-refractivity contribution in [2.75, 3.05) is 53.1 Å². The van der Waals surface area contributed by atoms with Crippen LogP contribution >= 0.6 is 0 Å². The van der Waals surface area contributed by atoms with E-state index in [1.165, 1.54) is 6.20 Å². The minimum absolute atomic E-state index is 0.0341. The van der Waals surface area contributed by atoms with Crippen molar-refractivity contribution in [3.05, 3.63) is 24.3 Å². The van der Waals surface area contributed by atoms with Gasteiger partial charge < -0.3 is 19.5 Å². The monoisotopic (exact) mass is 434 g/mol. The second-order valence-corrected chi connectivity index (χ2v) is 6.94. The smallest absolute Gasteiger partial charge is 0.475 e. The zero-order valence-electron chi connectivity index (χ0n) is 16.6. The van der Waals surface area contributed by atoms with Crippen LogP contribution in [-0.4, -0.2) is 102 Å². The van der Waals surface area contributed by atoms with Crippen molar-refractivity contribution < 1.29 is 37.3 Å². The largest absolute Gasteiger partial charge is 0.490 e. The molecule has 1 aromatic rings. The topological polar surface area (TPSA) is 105 Å². The van der Waals surface area contributed by atoms with Gasteiger partial charge in [0, 0.05) is 51.2 Å². The fourth-order valence-electron chi connectivity index (χ4n) is 3.47. The minimum atomic E-state index is -5.08. The molecule has 0 radical (unpaired) electrons. The predicted octanol–water partition coefficient (Wildman–Crippen LogP) is 1.06. The first kappa shape index (κ1) is 24.0. The third-order valence-corrected chi connectivity index (χ3v) is 5.12. The quantitative estimate of drug-likeness (QED) is 0.750. The number of rotatable bonds is 4. The van der Waals surface area contributed by atoms with Gasteiger partial charge in [0.1, 0.15) is 5.69 Å². The van der Waals surface area contributed by atoms with Gasteiger partial charge in [-0.3, -0.25) is 14.7 Å². The number of amides is 1. The van der Waals surface area contributed by atoms with Gasteiger partial charge in [0.25, 0.3) is 5.91 Å². The molecule has 3 rings (SSSR count). The average molecular weight is 434 g/mol. The Balaban J connectivity index is 0.000000396. The Labute approximate surface area is 171 Å². The number of hydrogen-bond acceptors (Lipinski definition) is 7. The molecule has 1 aromatic heterocycles. The molecule has 168 valence electrons. The highest BCUT2D eigenvalue weighted by atomic mass is 19.4. The summed E-state index contributed by atoms with van der Waals surface area (Å²) >= 11 is 0. The zero-order chi connectivity index (χ0) is 22.2. The summed E-state index contributed by atoms with van der Waals surface area (Å²) in [6.07, 6.45) is 1.42. The maximum absolute atomic E-state index is 12.5. The number of hydrogen-bond donors (Lipinski definition) is 1. The number of piperidine rings is 1. The molecule has 1 N–H and O–H groups in total. The van der Waals surface area contributed by atoms with Crippen molar-refractivity contribution in [1.82, 2.24) is 19.8 Å². The first-order chi connectivity index (χ1) is 14.2. The number of halogens is 3. The minimum Gasteiger partial charge on any atom is -0.475 e. The summed E-state index contributed by atoms with van der Waals surface area (Å²) in [5.74, 6) is -2.79. The SMILES string of the molecule is COCCN1CCOCC12CCN(C(=O)c1cnccn1)CC2.O=C(O)C(F)(F)F. The number of methoxy groups -OCH3 is 1. The van der Waals surface area contributed by atoms with Gasteiger partial charge in [-0.05, 0) is 12.8 Å². The summed E-state index contributed by atoms with van der Waals surface area (Å²) in [6, 6.07) is 0. The van der Waals surface area contributed by atoms with E-state index in [1.54, 1.807) is 19.5 Å². The second-order valence-electron chi connectivity index (χ2n) is 6.94. The fourth-order valence-corrected chi connectivity index (χ4v) is 3.47. The van der Waals surface area contributed by atoms with Gasteiger partial charge in [-0.2, -0.15) is 13.2 Å². The molecule has 0 aliphatic carbocycles. The number of carbonyl (C=O) groups excluding carboxylic acids is 1. The van der Waals surface area contributed by atoms with Crippen molar-refractivity contribution >= 4 is 11.9 Å². The molecule has 0 bridgehead atoms. The lowest BCUT2D eigenvalue weighted by molar-refractivity contribution is -0.192. The molecular formula is C18H25F3N4O5. The van der Waals surface area contributed by atoms with Gasteiger partial charge in [-0.15, -0.1) is 0 Å². The molecule has 2 aliphatic heterocycles. The van der Waals surface area contributed by atoms with Crippen molar-refractivity contribution in [3.63, 3.8) is 0 Å². The zero-order valence-corrected chi connectivity index (χ0v) is 16.6. The van der Waals surface area contributed by atoms with Gasteiger partial charge in [0.05, 0.1) is 26.0 Å². The van der Waals surface area contributed by atoms with Crippen LogP contribution in [0.3, 0.4) is 0 Å². The Hall–Kier alpha value is -2.31. The van der Waals surface area contributed by atoms with Gasteiger partial charge in [-0.1, -0.05) is 0 Å². The van der Waals surface area contributed by atoms with Crippen LogP contribution in [0.25, 0.3) is 0 Å². The Morgan fingerprint density at radius 1 is 1.27 bits per heavy atom. The van der Waals surface area contributed by atoms with Gasteiger partial charge in [0.15, 0.2) is 0 Å². The van der Waals surface area contributed by atoms with Crippen molar-refractivity contribution in [1.29, 1.82) is 0 Å². The summed E-state index contributed by atoms with van der Waals surface area (Å²) in [4.78, 5) is 33.8. The molecule has 0 unspecified atom stereocenters. The maximum Gasteiger partial charge on any atom is 0.490 e. The molecule has 3 heterocycles. The number of carboxylic acids is 1. The van der Waals surface area contributed by atoms with E-state index in [9.17, 15) is 18.0 Å². The molecule has 12 heteroatoms. The van der Waals surface area contributed by atoms with Gasteiger partial charge in [0.2, 0.25) is 0 Å². The summed E-state index contributed by atoms with van der Waals surface area (Å²) < 4.78 is 42.7. The number of carboxylic acid groups (broad SMARTS) is 1. The third kappa shape index (κ3) is 6.34. The molecule has 2 saturated heterocycles.